The first-order valence-electron chi connectivity index (χ1n) is 5.74. The van der Waals surface area contributed by atoms with Crippen LogP contribution in [0.25, 0.3) is 0 Å². The molecule has 2 N–H and O–H groups in total. The largest absolute Gasteiger partial charge is 0.326 e. The lowest BCUT2D eigenvalue weighted by atomic mass is 9.99. The number of hydrogen-bond acceptors (Lipinski definition) is 2. The Morgan fingerprint density at radius 2 is 2.06 bits per heavy atom. The van der Waals surface area contributed by atoms with Crippen LogP contribution in [0.1, 0.15) is 12.8 Å². The van der Waals surface area contributed by atoms with Crippen molar-refractivity contribution in [1.82, 2.24) is 5.32 Å². The molecule has 1 amide bonds. The van der Waals surface area contributed by atoms with E-state index in [0.717, 1.165) is 19.4 Å². The summed E-state index contributed by atoms with van der Waals surface area (Å²) in [4.78, 5) is 11.9. The van der Waals surface area contributed by atoms with Gasteiger partial charge in [-0.2, -0.15) is 0 Å². The number of rotatable bonds is 2. The van der Waals surface area contributed by atoms with Gasteiger partial charge in [0, 0.05) is 12.2 Å². The molecule has 1 aliphatic rings. The van der Waals surface area contributed by atoms with Gasteiger partial charge in [-0.3, -0.25) is 4.79 Å². The quantitative estimate of drug-likeness (QED) is 0.822. The summed E-state index contributed by atoms with van der Waals surface area (Å²) >= 11 is 11.3. The zero-order valence-electron chi connectivity index (χ0n) is 9.60. The fourth-order valence-corrected chi connectivity index (χ4v) is 2.43. The summed E-state index contributed by atoms with van der Waals surface area (Å²) in [5.74, 6) is -0.835. The number of amides is 1. The standard InChI is InChI=1S/C12H13Cl2FN2O/c13-9-4-8(5-10(14)11(9)15)17-12(18)7-2-1-3-16-6-7/h4-5,7,16H,1-3,6H2,(H,17,18)/t7-/m1/s1. The van der Waals surface area contributed by atoms with Gasteiger partial charge in [-0.25, -0.2) is 4.39 Å². The summed E-state index contributed by atoms with van der Waals surface area (Å²) in [5, 5.41) is 5.67. The molecule has 1 atom stereocenters. The Morgan fingerprint density at radius 3 is 2.61 bits per heavy atom. The van der Waals surface area contributed by atoms with Crippen molar-refractivity contribution < 1.29 is 9.18 Å². The van der Waals surface area contributed by atoms with Crippen molar-refractivity contribution in [2.24, 2.45) is 5.92 Å². The molecule has 0 radical (unpaired) electrons. The van der Waals surface area contributed by atoms with Gasteiger partial charge in [-0.15, -0.1) is 0 Å². The van der Waals surface area contributed by atoms with Crippen molar-refractivity contribution in [1.29, 1.82) is 0 Å². The second kappa shape index (κ2) is 5.87. The molecule has 1 fully saturated rings. The Hall–Kier alpha value is -0.840. The first-order valence-corrected chi connectivity index (χ1v) is 6.49. The second-order valence-electron chi connectivity index (χ2n) is 4.29. The van der Waals surface area contributed by atoms with Crippen LogP contribution in [0.4, 0.5) is 10.1 Å². The number of carbonyl (C=O) groups is 1. The van der Waals surface area contributed by atoms with Crippen molar-refractivity contribution >= 4 is 34.8 Å². The van der Waals surface area contributed by atoms with Crippen LogP contribution in [0, 0.1) is 11.7 Å². The first-order chi connectivity index (χ1) is 8.58. The van der Waals surface area contributed by atoms with Crippen LogP contribution in [0.15, 0.2) is 12.1 Å². The highest BCUT2D eigenvalue weighted by Crippen LogP contribution is 2.27. The molecule has 0 saturated carbocycles. The molecule has 0 aromatic heterocycles. The normalized spacial score (nSPS) is 19.6. The van der Waals surface area contributed by atoms with E-state index in [1.54, 1.807) is 0 Å². The SMILES string of the molecule is O=C(Nc1cc(Cl)c(F)c(Cl)c1)[C@@H]1CCCNC1. The molecule has 0 bridgehead atoms. The van der Waals surface area contributed by atoms with E-state index < -0.39 is 5.82 Å². The third-order valence-electron chi connectivity index (χ3n) is 2.92. The van der Waals surface area contributed by atoms with Gasteiger partial charge in [0.15, 0.2) is 5.82 Å². The molecule has 0 aliphatic carbocycles. The molecule has 1 aromatic rings. The summed E-state index contributed by atoms with van der Waals surface area (Å²) in [6, 6.07) is 2.72. The van der Waals surface area contributed by atoms with E-state index in [1.165, 1.54) is 12.1 Å². The predicted octanol–water partition coefficient (Wildman–Crippen LogP) is 3.07. The average Bonchev–Trinajstić information content (AvgIpc) is 2.37. The van der Waals surface area contributed by atoms with Crippen molar-refractivity contribution in [2.45, 2.75) is 12.8 Å². The molecule has 6 heteroatoms. The molecule has 2 rings (SSSR count). The number of carbonyl (C=O) groups excluding carboxylic acids is 1. The minimum Gasteiger partial charge on any atom is -0.326 e. The van der Waals surface area contributed by atoms with Crippen LogP contribution in [0.3, 0.4) is 0 Å². The van der Waals surface area contributed by atoms with E-state index in [1.807, 2.05) is 0 Å². The molecule has 1 aromatic carbocycles. The Bertz CT molecular complexity index is 438. The van der Waals surface area contributed by atoms with Crippen LogP contribution in [0.5, 0.6) is 0 Å². The molecular weight excluding hydrogens is 278 g/mol. The lowest BCUT2D eigenvalue weighted by molar-refractivity contribution is -0.120. The van der Waals surface area contributed by atoms with E-state index in [4.69, 9.17) is 23.2 Å². The number of piperidine rings is 1. The van der Waals surface area contributed by atoms with Gasteiger partial charge < -0.3 is 10.6 Å². The fraction of sp³-hybridized carbons (Fsp3) is 0.417. The van der Waals surface area contributed by atoms with Crippen molar-refractivity contribution in [3.05, 3.63) is 28.0 Å². The topological polar surface area (TPSA) is 41.1 Å². The minimum atomic E-state index is -0.671. The Morgan fingerprint density at radius 1 is 1.39 bits per heavy atom. The maximum atomic E-state index is 13.2. The lowest BCUT2D eigenvalue weighted by Crippen LogP contribution is -2.37. The third-order valence-corrected chi connectivity index (χ3v) is 3.47. The summed E-state index contributed by atoms with van der Waals surface area (Å²) in [5.41, 5.74) is 0.418. The second-order valence-corrected chi connectivity index (χ2v) is 5.10. The number of halogens is 3. The van der Waals surface area contributed by atoms with Crippen molar-refractivity contribution in [3.8, 4) is 0 Å². The number of nitrogens with one attached hydrogen (secondary N) is 2. The van der Waals surface area contributed by atoms with Gasteiger partial charge in [-0.1, -0.05) is 23.2 Å². The summed E-state index contributed by atoms with van der Waals surface area (Å²) in [7, 11) is 0. The summed E-state index contributed by atoms with van der Waals surface area (Å²) in [6.45, 7) is 1.60. The molecule has 1 aliphatic heterocycles. The summed E-state index contributed by atoms with van der Waals surface area (Å²) in [6.07, 6.45) is 1.82. The van der Waals surface area contributed by atoms with E-state index in [9.17, 15) is 9.18 Å². The predicted molar refractivity (Wildman–Crippen MR) is 70.6 cm³/mol. The highest BCUT2D eigenvalue weighted by Gasteiger charge is 2.21. The number of anilines is 1. The van der Waals surface area contributed by atoms with E-state index in [-0.39, 0.29) is 21.9 Å². The number of hydrogen-bond donors (Lipinski definition) is 2. The van der Waals surface area contributed by atoms with Crippen molar-refractivity contribution in [3.63, 3.8) is 0 Å². The molecule has 3 nitrogen and oxygen atoms in total. The Labute approximate surface area is 115 Å². The smallest absolute Gasteiger partial charge is 0.228 e. The van der Waals surface area contributed by atoms with Crippen LogP contribution < -0.4 is 10.6 Å². The van der Waals surface area contributed by atoms with E-state index >= 15 is 0 Å². The van der Waals surface area contributed by atoms with Gasteiger partial charge in [0.05, 0.1) is 16.0 Å². The fourth-order valence-electron chi connectivity index (χ4n) is 1.95. The van der Waals surface area contributed by atoms with E-state index in [2.05, 4.69) is 10.6 Å². The van der Waals surface area contributed by atoms with Gasteiger partial charge in [0.25, 0.3) is 0 Å². The molecular formula is C12H13Cl2FN2O. The number of benzene rings is 1. The van der Waals surface area contributed by atoms with Gasteiger partial charge in [0.2, 0.25) is 5.91 Å². The molecule has 1 saturated heterocycles. The van der Waals surface area contributed by atoms with Crippen LogP contribution in [-0.2, 0) is 4.79 Å². The summed E-state index contributed by atoms with van der Waals surface area (Å²) < 4.78 is 13.2. The average molecular weight is 291 g/mol. The molecule has 0 spiro atoms. The zero-order valence-corrected chi connectivity index (χ0v) is 11.1. The van der Waals surface area contributed by atoms with Gasteiger partial charge >= 0.3 is 0 Å². The Kier molecular flexibility index (Phi) is 4.43. The minimum absolute atomic E-state index is 0.0682. The highest BCUT2D eigenvalue weighted by molar-refractivity contribution is 6.35. The Balaban J connectivity index is 2.06. The molecule has 98 valence electrons. The van der Waals surface area contributed by atoms with E-state index in [0.29, 0.717) is 12.2 Å². The van der Waals surface area contributed by atoms with Crippen LogP contribution in [-0.4, -0.2) is 19.0 Å². The lowest BCUT2D eigenvalue weighted by Gasteiger charge is -2.22. The zero-order chi connectivity index (χ0) is 13.1. The monoisotopic (exact) mass is 290 g/mol. The van der Waals surface area contributed by atoms with Crippen molar-refractivity contribution in [2.75, 3.05) is 18.4 Å². The first kappa shape index (κ1) is 13.6. The highest BCUT2D eigenvalue weighted by atomic mass is 35.5. The molecule has 1 heterocycles. The maximum absolute atomic E-state index is 13.2. The van der Waals surface area contributed by atoms with Crippen LogP contribution >= 0.6 is 23.2 Å². The third kappa shape index (κ3) is 3.13. The van der Waals surface area contributed by atoms with Crippen LogP contribution in [0.2, 0.25) is 10.0 Å². The van der Waals surface area contributed by atoms with Gasteiger partial charge in [0.1, 0.15) is 0 Å². The van der Waals surface area contributed by atoms with Gasteiger partial charge in [-0.05, 0) is 31.5 Å². The maximum Gasteiger partial charge on any atom is 0.228 e. The molecule has 0 unspecified atom stereocenters. The molecule has 18 heavy (non-hydrogen) atoms.